The zero-order chi connectivity index (χ0) is 13.8. The molecule has 0 aliphatic carbocycles. The normalized spacial score (nSPS) is 13.7. The molecule has 0 saturated carbocycles. The lowest BCUT2D eigenvalue weighted by atomic mass is 10.1. The quantitative estimate of drug-likeness (QED) is 0.638. The molecule has 18 heavy (non-hydrogen) atoms. The highest BCUT2D eigenvalue weighted by molar-refractivity contribution is 7.89. The third-order valence-electron chi connectivity index (χ3n) is 2.61. The van der Waals surface area contributed by atoms with E-state index in [9.17, 15) is 8.42 Å². The Labute approximate surface area is 107 Å². The second kappa shape index (κ2) is 6.17. The van der Waals surface area contributed by atoms with Crippen molar-refractivity contribution in [3.63, 3.8) is 0 Å². The Balaban J connectivity index is 2.76. The molecule has 8 heteroatoms. The molecule has 1 atom stereocenters. The first-order valence-corrected chi connectivity index (χ1v) is 7.32. The number of nitrogens with one attached hydrogen (secondary N) is 1. The van der Waals surface area contributed by atoms with Crippen LogP contribution in [0.4, 0.5) is 5.82 Å². The maximum absolute atomic E-state index is 12.0. The van der Waals surface area contributed by atoms with Gasteiger partial charge in [0.1, 0.15) is 4.90 Å². The average molecular weight is 276 g/mol. The van der Waals surface area contributed by atoms with Crippen LogP contribution >= 0.6 is 0 Å². The molecule has 1 heterocycles. The molecule has 4 N–H and O–H groups in total. The van der Waals surface area contributed by atoms with Crippen molar-refractivity contribution in [2.45, 2.75) is 31.7 Å². The molecule has 1 unspecified atom stereocenters. The van der Waals surface area contributed by atoms with E-state index in [1.54, 1.807) is 0 Å². The molecule has 0 saturated heterocycles. The van der Waals surface area contributed by atoms with Crippen LogP contribution in [0.1, 0.15) is 20.3 Å². The molecule has 1 rings (SSSR count). The van der Waals surface area contributed by atoms with Gasteiger partial charge in [-0.15, -0.1) is 0 Å². The van der Waals surface area contributed by atoms with Crippen molar-refractivity contribution in [2.24, 2.45) is 5.92 Å². The van der Waals surface area contributed by atoms with Crippen LogP contribution in [-0.4, -0.2) is 36.5 Å². The van der Waals surface area contributed by atoms with Gasteiger partial charge in [0.15, 0.2) is 5.82 Å². The number of sulfonamides is 1. The van der Waals surface area contributed by atoms with Gasteiger partial charge in [0.2, 0.25) is 10.0 Å². The summed E-state index contributed by atoms with van der Waals surface area (Å²) in [5.41, 5.74) is 5.58. The van der Waals surface area contributed by atoms with E-state index in [1.807, 2.05) is 13.8 Å². The Morgan fingerprint density at radius 2 is 2.28 bits per heavy atom. The number of aliphatic hydroxyl groups excluding tert-OH is 1. The predicted molar refractivity (Wildman–Crippen MR) is 68.4 cm³/mol. The second-order valence-electron chi connectivity index (χ2n) is 4.20. The highest BCUT2D eigenvalue weighted by Crippen LogP contribution is 2.16. The van der Waals surface area contributed by atoms with E-state index in [-0.39, 0.29) is 29.8 Å². The summed E-state index contributed by atoms with van der Waals surface area (Å²) < 4.78 is 27.9. The third-order valence-corrected chi connectivity index (χ3v) is 4.05. The fourth-order valence-corrected chi connectivity index (χ4v) is 2.68. The highest BCUT2D eigenvalue weighted by atomic mass is 32.2. The molecule has 1 aromatic heterocycles. The number of anilines is 1. The van der Waals surface area contributed by atoms with Gasteiger partial charge in [-0.2, -0.15) is 5.10 Å². The molecule has 0 aliphatic heterocycles. The standard InChI is InChI=1S/C10H20N4O3S/c1-3-14-7-9(10(11)13-14)18(16,17)12-6-8(2)4-5-15/h7-8,12,15H,3-6H2,1-2H3,(H2,11,13). The number of hydrogen-bond donors (Lipinski definition) is 3. The number of aliphatic hydroxyl groups is 1. The molecule has 0 aliphatic rings. The van der Waals surface area contributed by atoms with Crippen LogP contribution in [0, 0.1) is 5.92 Å². The lowest BCUT2D eigenvalue weighted by molar-refractivity contribution is 0.263. The minimum Gasteiger partial charge on any atom is -0.396 e. The van der Waals surface area contributed by atoms with Gasteiger partial charge in [-0.25, -0.2) is 13.1 Å². The van der Waals surface area contributed by atoms with Crippen LogP contribution < -0.4 is 10.5 Å². The van der Waals surface area contributed by atoms with E-state index >= 15 is 0 Å². The maximum Gasteiger partial charge on any atom is 0.245 e. The van der Waals surface area contributed by atoms with E-state index in [0.717, 1.165) is 0 Å². The molecule has 0 fully saturated rings. The van der Waals surface area contributed by atoms with Gasteiger partial charge < -0.3 is 10.8 Å². The number of nitrogens with zero attached hydrogens (tertiary/aromatic N) is 2. The molecule has 0 spiro atoms. The Morgan fingerprint density at radius 1 is 1.61 bits per heavy atom. The van der Waals surface area contributed by atoms with E-state index in [1.165, 1.54) is 10.9 Å². The summed E-state index contributed by atoms with van der Waals surface area (Å²) in [5.74, 6) is 0.0615. The Kier molecular flexibility index (Phi) is 5.12. The first-order valence-electron chi connectivity index (χ1n) is 5.84. The number of rotatable bonds is 7. The van der Waals surface area contributed by atoms with E-state index in [4.69, 9.17) is 10.8 Å². The summed E-state index contributed by atoms with van der Waals surface area (Å²) in [7, 11) is -3.63. The molecule has 1 aromatic rings. The fourth-order valence-electron chi connectivity index (χ4n) is 1.44. The van der Waals surface area contributed by atoms with Crippen LogP contribution in [-0.2, 0) is 16.6 Å². The van der Waals surface area contributed by atoms with Crippen molar-refractivity contribution in [3.05, 3.63) is 6.20 Å². The lowest BCUT2D eigenvalue weighted by Crippen LogP contribution is -2.29. The zero-order valence-electron chi connectivity index (χ0n) is 10.6. The SMILES string of the molecule is CCn1cc(S(=O)(=O)NCC(C)CCO)c(N)n1. The topological polar surface area (TPSA) is 110 Å². The van der Waals surface area contributed by atoms with Crippen molar-refractivity contribution in [1.29, 1.82) is 0 Å². The number of aromatic nitrogens is 2. The van der Waals surface area contributed by atoms with Crippen molar-refractivity contribution in [3.8, 4) is 0 Å². The van der Waals surface area contributed by atoms with Gasteiger partial charge in [-0.1, -0.05) is 6.92 Å². The van der Waals surface area contributed by atoms with Crippen LogP contribution in [0.2, 0.25) is 0 Å². The summed E-state index contributed by atoms with van der Waals surface area (Å²) in [4.78, 5) is 0.000508. The average Bonchev–Trinajstić information content (AvgIpc) is 2.69. The van der Waals surface area contributed by atoms with Crippen molar-refractivity contribution < 1.29 is 13.5 Å². The van der Waals surface area contributed by atoms with Gasteiger partial charge >= 0.3 is 0 Å². The maximum atomic E-state index is 12.0. The summed E-state index contributed by atoms with van der Waals surface area (Å²) >= 11 is 0. The van der Waals surface area contributed by atoms with E-state index in [2.05, 4.69) is 9.82 Å². The van der Waals surface area contributed by atoms with Crippen molar-refractivity contribution in [2.75, 3.05) is 18.9 Å². The Morgan fingerprint density at radius 3 is 2.78 bits per heavy atom. The molecule has 0 radical (unpaired) electrons. The first-order chi connectivity index (χ1) is 8.40. The number of hydrogen-bond acceptors (Lipinski definition) is 5. The lowest BCUT2D eigenvalue weighted by Gasteiger charge is -2.10. The molecule has 104 valence electrons. The molecular formula is C10H20N4O3S. The fraction of sp³-hybridized carbons (Fsp3) is 0.700. The molecular weight excluding hydrogens is 256 g/mol. The van der Waals surface area contributed by atoms with E-state index < -0.39 is 10.0 Å². The largest absolute Gasteiger partial charge is 0.396 e. The van der Waals surface area contributed by atoms with Gasteiger partial charge in [0, 0.05) is 25.9 Å². The molecule has 0 amide bonds. The second-order valence-corrected chi connectivity index (χ2v) is 5.94. The van der Waals surface area contributed by atoms with Gasteiger partial charge in [-0.3, -0.25) is 4.68 Å². The monoisotopic (exact) mass is 276 g/mol. The van der Waals surface area contributed by atoms with Crippen molar-refractivity contribution >= 4 is 15.8 Å². The van der Waals surface area contributed by atoms with Crippen LogP contribution in [0.25, 0.3) is 0 Å². The van der Waals surface area contributed by atoms with Crippen LogP contribution in [0.15, 0.2) is 11.1 Å². The van der Waals surface area contributed by atoms with Gasteiger partial charge in [-0.05, 0) is 19.3 Å². The molecule has 0 bridgehead atoms. The Bertz CT molecular complexity index is 483. The summed E-state index contributed by atoms with van der Waals surface area (Å²) in [5, 5.41) is 12.6. The van der Waals surface area contributed by atoms with Crippen LogP contribution in [0.3, 0.4) is 0 Å². The van der Waals surface area contributed by atoms with Gasteiger partial charge in [0.25, 0.3) is 0 Å². The summed E-state index contributed by atoms with van der Waals surface area (Å²) in [6.07, 6.45) is 1.96. The summed E-state index contributed by atoms with van der Waals surface area (Å²) in [6, 6.07) is 0. The number of aryl methyl sites for hydroxylation is 1. The number of nitrogen functional groups attached to an aromatic ring is 1. The Hall–Kier alpha value is -1.12. The summed E-state index contributed by atoms with van der Waals surface area (Å²) in [6.45, 7) is 4.57. The first kappa shape index (κ1) is 14.9. The molecule has 7 nitrogen and oxygen atoms in total. The number of nitrogens with two attached hydrogens (primary N) is 1. The minimum atomic E-state index is -3.63. The van der Waals surface area contributed by atoms with Gasteiger partial charge in [0.05, 0.1) is 0 Å². The van der Waals surface area contributed by atoms with Crippen molar-refractivity contribution in [1.82, 2.24) is 14.5 Å². The molecule has 0 aromatic carbocycles. The van der Waals surface area contributed by atoms with E-state index in [0.29, 0.717) is 13.0 Å². The smallest absolute Gasteiger partial charge is 0.245 e. The third kappa shape index (κ3) is 3.69. The highest BCUT2D eigenvalue weighted by Gasteiger charge is 2.21. The minimum absolute atomic E-state index is 0.000508. The van der Waals surface area contributed by atoms with Crippen LogP contribution in [0.5, 0.6) is 0 Å². The predicted octanol–water partition coefficient (Wildman–Crippen LogP) is -0.218. The zero-order valence-corrected chi connectivity index (χ0v) is 11.4.